The molecule has 2 aromatic rings. The minimum atomic E-state index is -3.66. The third kappa shape index (κ3) is 3.61. The van der Waals surface area contributed by atoms with Gasteiger partial charge < -0.3 is 5.32 Å². The number of thiophene rings is 1. The van der Waals surface area contributed by atoms with Crippen LogP contribution in [-0.4, -0.2) is 22.0 Å². The number of sulfonamides is 1. The van der Waals surface area contributed by atoms with Gasteiger partial charge in [-0.1, -0.05) is 13.0 Å². The van der Waals surface area contributed by atoms with Crippen molar-refractivity contribution in [2.24, 2.45) is 0 Å². The van der Waals surface area contributed by atoms with Gasteiger partial charge in [0.25, 0.3) is 10.0 Å². The van der Waals surface area contributed by atoms with Gasteiger partial charge in [0.15, 0.2) is 0 Å². The summed E-state index contributed by atoms with van der Waals surface area (Å²) < 4.78 is 39.6. The van der Waals surface area contributed by atoms with Crippen LogP contribution in [0.4, 0.5) is 10.1 Å². The van der Waals surface area contributed by atoms with Crippen LogP contribution in [0.1, 0.15) is 11.8 Å². The van der Waals surface area contributed by atoms with E-state index in [1.807, 2.05) is 6.92 Å². The average Bonchev–Trinajstić information content (AvgIpc) is 2.93. The largest absolute Gasteiger partial charge is 0.312 e. The van der Waals surface area contributed by atoms with Crippen LogP contribution in [-0.2, 0) is 16.6 Å². The monoisotopic (exact) mass is 328 g/mol. The average molecular weight is 328 g/mol. The molecule has 0 aliphatic carbocycles. The molecule has 0 unspecified atom stereocenters. The van der Waals surface area contributed by atoms with Crippen LogP contribution in [0.5, 0.6) is 0 Å². The molecule has 0 radical (unpaired) electrons. The predicted molar refractivity (Wildman–Crippen MR) is 83.7 cm³/mol. The molecule has 21 heavy (non-hydrogen) atoms. The van der Waals surface area contributed by atoms with E-state index < -0.39 is 15.8 Å². The predicted octanol–water partition coefficient (Wildman–Crippen LogP) is 2.82. The molecule has 0 aliphatic heterocycles. The van der Waals surface area contributed by atoms with E-state index in [-0.39, 0.29) is 4.21 Å². The summed E-state index contributed by atoms with van der Waals surface area (Å²) in [5, 5.41) is 3.15. The van der Waals surface area contributed by atoms with Crippen LogP contribution < -0.4 is 9.62 Å². The summed E-state index contributed by atoms with van der Waals surface area (Å²) in [6.45, 7) is 3.45. The van der Waals surface area contributed by atoms with Crippen molar-refractivity contribution in [3.8, 4) is 0 Å². The molecule has 7 heteroatoms. The molecule has 2 rings (SSSR count). The molecule has 1 aromatic heterocycles. The Morgan fingerprint density at radius 2 is 2.05 bits per heavy atom. The van der Waals surface area contributed by atoms with Crippen LogP contribution >= 0.6 is 11.3 Å². The lowest BCUT2D eigenvalue weighted by atomic mass is 10.3. The highest BCUT2D eigenvalue weighted by Gasteiger charge is 2.23. The first-order valence-electron chi connectivity index (χ1n) is 6.49. The summed E-state index contributed by atoms with van der Waals surface area (Å²) in [7, 11) is -2.23. The lowest BCUT2D eigenvalue weighted by Crippen LogP contribution is -2.25. The molecular formula is C14H17FN2O2S2. The molecule has 0 saturated carbocycles. The van der Waals surface area contributed by atoms with Crippen molar-refractivity contribution in [3.63, 3.8) is 0 Å². The Balaban J connectivity index is 2.26. The Hall–Kier alpha value is -1.44. The number of nitrogens with zero attached hydrogens (tertiary/aromatic N) is 1. The fourth-order valence-electron chi connectivity index (χ4n) is 1.79. The Morgan fingerprint density at radius 1 is 1.29 bits per heavy atom. The van der Waals surface area contributed by atoms with Crippen molar-refractivity contribution in [1.82, 2.24) is 5.32 Å². The second-order valence-electron chi connectivity index (χ2n) is 4.45. The fourth-order valence-corrected chi connectivity index (χ4v) is 4.47. The molecule has 4 nitrogen and oxygen atoms in total. The van der Waals surface area contributed by atoms with Gasteiger partial charge in [-0.05, 0) is 36.9 Å². The second-order valence-corrected chi connectivity index (χ2v) is 7.82. The van der Waals surface area contributed by atoms with Crippen molar-refractivity contribution in [2.75, 3.05) is 17.9 Å². The van der Waals surface area contributed by atoms with Crippen LogP contribution in [0, 0.1) is 5.82 Å². The normalized spacial score (nSPS) is 11.6. The highest BCUT2D eigenvalue weighted by molar-refractivity contribution is 7.94. The highest BCUT2D eigenvalue weighted by Crippen LogP contribution is 2.27. The van der Waals surface area contributed by atoms with E-state index in [0.717, 1.165) is 15.7 Å². The maximum absolute atomic E-state index is 13.2. The van der Waals surface area contributed by atoms with E-state index in [1.165, 1.54) is 36.6 Å². The lowest BCUT2D eigenvalue weighted by molar-refractivity contribution is 0.596. The van der Waals surface area contributed by atoms with Gasteiger partial charge in [-0.3, -0.25) is 4.31 Å². The molecule has 114 valence electrons. The molecule has 0 amide bonds. The van der Waals surface area contributed by atoms with Gasteiger partial charge in [-0.15, -0.1) is 11.3 Å². The van der Waals surface area contributed by atoms with Gasteiger partial charge >= 0.3 is 0 Å². The number of hydrogen-bond donors (Lipinski definition) is 1. The SMILES string of the molecule is CCNCc1ccc(S(=O)(=O)N(C)c2cccc(F)c2)s1. The van der Waals surface area contributed by atoms with Crippen LogP contribution in [0.3, 0.4) is 0 Å². The molecule has 0 aliphatic rings. The van der Waals surface area contributed by atoms with Crippen molar-refractivity contribution in [3.05, 3.63) is 47.1 Å². The first-order chi connectivity index (χ1) is 9.95. The zero-order valence-corrected chi connectivity index (χ0v) is 13.5. The smallest absolute Gasteiger partial charge is 0.273 e. The molecule has 0 spiro atoms. The van der Waals surface area contributed by atoms with Gasteiger partial charge in [0.05, 0.1) is 5.69 Å². The first kappa shape index (κ1) is 15.9. The topological polar surface area (TPSA) is 49.4 Å². The molecule has 1 N–H and O–H groups in total. The van der Waals surface area contributed by atoms with Crippen LogP contribution in [0.25, 0.3) is 0 Å². The van der Waals surface area contributed by atoms with E-state index in [4.69, 9.17) is 0 Å². The van der Waals surface area contributed by atoms with Crippen LogP contribution in [0.2, 0.25) is 0 Å². The Bertz CT molecular complexity index is 713. The van der Waals surface area contributed by atoms with Gasteiger partial charge in [0.2, 0.25) is 0 Å². The third-order valence-corrected chi connectivity index (χ3v) is 6.31. The summed E-state index contributed by atoms with van der Waals surface area (Å²) in [4.78, 5) is 0.947. The lowest BCUT2D eigenvalue weighted by Gasteiger charge is -2.18. The van der Waals surface area contributed by atoms with Crippen LogP contribution in [0.15, 0.2) is 40.6 Å². The number of nitrogens with one attached hydrogen (secondary N) is 1. The van der Waals surface area contributed by atoms with E-state index in [9.17, 15) is 12.8 Å². The zero-order valence-electron chi connectivity index (χ0n) is 11.8. The van der Waals surface area contributed by atoms with Crippen molar-refractivity contribution < 1.29 is 12.8 Å². The standard InChI is InChI=1S/C14H17FN2O2S2/c1-3-16-10-13-7-8-14(20-13)21(18,19)17(2)12-6-4-5-11(15)9-12/h4-9,16H,3,10H2,1-2H3. The Labute approximate surface area is 128 Å². The molecule has 1 heterocycles. The number of benzene rings is 1. The third-order valence-electron chi connectivity index (χ3n) is 2.97. The van der Waals surface area contributed by atoms with Crippen molar-refractivity contribution in [1.29, 1.82) is 0 Å². The van der Waals surface area contributed by atoms with Gasteiger partial charge in [-0.2, -0.15) is 0 Å². The summed E-state index contributed by atoms with van der Waals surface area (Å²) in [6, 6.07) is 8.91. The minimum absolute atomic E-state index is 0.252. The maximum atomic E-state index is 13.2. The minimum Gasteiger partial charge on any atom is -0.312 e. The molecule has 0 bridgehead atoms. The van der Waals surface area contributed by atoms with E-state index >= 15 is 0 Å². The van der Waals surface area contributed by atoms with E-state index in [1.54, 1.807) is 18.2 Å². The van der Waals surface area contributed by atoms with Gasteiger partial charge in [0.1, 0.15) is 10.0 Å². The summed E-state index contributed by atoms with van der Waals surface area (Å²) in [6.07, 6.45) is 0. The van der Waals surface area contributed by atoms with Gasteiger partial charge in [0, 0.05) is 18.5 Å². The molecule has 0 saturated heterocycles. The zero-order chi connectivity index (χ0) is 15.5. The van der Waals surface area contributed by atoms with E-state index in [0.29, 0.717) is 12.2 Å². The Morgan fingerprint density at radius 3 is 2.71 bits per heavy atom. The molecule has 1 aromatic carbocycles. The Kier molecular flexibility index (Phi) is 4.97. The van der Waals surface area contributed by atoms with Crippen molar-refractivity contribution >= 4 is 27.0 Å². The number of rotatable bonds is 6. The maximum Gasteiger partial charge on any atom is 0.273 e. The second kappa shape index (κ2) is 6.55. The fraction of sp³-hybridized carbons (Fsp3) is 0.286. The summed E-state index contributed by atoms with van der Waals surface area (Å²) in [5.41, 5.74) is 0.302. The number of anilines is 1. The summed E-state index contributed by atoms with van der Waals surface area (Å²) >= 11 is 1.22. The highest BCUT2D eigenvalue weighted by atomic mass is 32.2. The summed E-state index contributed by atoms with van der Waals surface area (Å²) in [5.74, 6) is -0.464. The quantitative estimate of drug-likeness (QED) is 0.887. The molecule has 0 atom stereocenters. The van der Waals surface area contributed by atoms with Crippen molar-refractivity contribution in [2.45, 2.75) is 17.7 Å². The molecule has 0 fully saturated rings. The number of halogens is 1. The first-order valence-corrected chi connectivity index (χ1v) is 8.74. The van der Waals surface area contributed by atoms with Gasteiger partial charge in [-0.25, -0.2) is 12.8 Å². The number of hydrogen-bond acceptors (Lipinski definition) is 4. The van der Waals surface area contributed by atoms with E-state index in [2.05, 4.69) is 5.32 Å². The molecular weight excluding hydrogens is 311 g/mol.